The van der Waals surface area contributed by atoms with Gasteiger partial charge in [-0.25, -0.2) is 8.42 Å². The predicted octanol–water partition coefficient (Wildman–Crippen LogP) is 2.50. The van der Waals surface area contributed by atoms with Crippen LogP contribution in [0.2, 0.25) is 0 Å². The first kappa shape index (κ1) is 18.9. The largest absolute Gasteiger partial charge is 0.379 e. The number of piperidine rings is 1. The van der Waals surface area contributed by atoms with Crippen molar-refractivity contribution in [1.82, 2.24) is 9.21 Å². The summed E-state index contributed by atoms with van der Waals surface area (Å²) in [6.07, 6.45) is 7.09. The summed E-state index contributed by atoms with van der Waals surface area (Å²) in [6.45, 7) is 2.41. The van der Waals surface area contributed by atoms with Gasteiger partial charge >= 0.3 is 0 Å². The van der Waals surface area contributed by atoms with E-state index in [9.17, 15) is 13.2 Å². The van der Waals surface area contributed by atoms with Crippen LogP contribution in [0.5, 0.6) is 0 Å². The van der Waals surface area contributed by atoms with Crippen molar-refractivity contribution >= 4 is 15.9 Å². The number of morpholine rings is 1. The quantitative estimate of drug-likeness (QED) is 0.793. The molecule has 1 aromatic rings. The van der Waals surface area contributed by atoms with Crippen LogP contribution >= 0.6 is 0 Å². The number of hydrogen-bond acceptors (Lipinski definition) is 4. The van der Waals surface area contributed by atoms with Crippen molar-refractivity contribution in [3.8, 4) is 0 Å². The number of amides is 1. The molecule has 1 saturated carbocycles. The molecule has 2 atom stereocenters. The number of rotatable bonds is 3. The van der Waals surface area contributed by atoms with Crippen LogP contribution in [0.15, 0.2) is 29.2 Å². The second-order valence-corrected chi connectivity index (χ2v) is 9.73. The zero-order valence-electron chi connectivity index (χ0n) is 15.7. The first-order valence-corrected chi connectivity index (χ1v) is 11.5. The number of carbonyl (C=O) groups excluding carboxylic acids is 1. The van der Waals surface area contributed by atoms with Gasteiger partial charge in [-0.3, -0.25) is 4.79 Å². The van der Waals surface area contributed by atoms with E-state index in [1.165, 1.54) is 30.0 Å². The minimum absolute atomic E-state index is 0.0434. The highest BCUT2D eigenvalue weighted by molar-refractivity contribution is 7.89. The van der Waals surface area contributed by atoms with Gasteiger partial charge in [-0.1, -0.05) is 12.8 Å². The maximum atomic E-state index is 13.1. The van der Waals surface area contributed by atoms with E-state index < -0.39 is 10.0 Å². The van der Waals surface area contributed by atoms with Gasteiger partial charge in [-0.15, -0.1) is 0 Å². The van der Waals surface area contributed by atoms with Gasteiger partial charge in [-0.2, -0.15) is 4.31 Å². The molecule has 2 heterocycles. The van der Waals surface area contributed by atoms with Gasteiger partial charge in [0.2, 0.25) is 10.0 Å². The first-order chi connectivity index (χ1) is 13.1. The molecule has 1 aromatic carbocycles. The number of nitrogens with zero attached hydrogens (tertiary/aromatic N) is 2. The molecule has 0 unspecified atom stereocenters. The summed E-state index contributed by atoms with van der Waals surface area (Å²) in [5.41, 5.74) is 0.585. The smallest absolute Gasteiger partial charge is 0.254 e. The van der Waals surface area contributed by atoms with Gasteiger partial charge in [0.25, 0.3) is 5.91 Å². The Morgan fingerprint density at radius 2 is 1.59 bits per heavy atom. The third kappa shape index (κ3) is 3.77. The molecule has 2 saturated heterocycles. The number of hydrogen-bond donors (Lipinski definition) is 0. The minimum Gasteiger partial charge on any atom is -0.379 e. The molecule has 4 rings (SSSR count). The molecular weight excluding hydrogens is 364 g/mol. The molecule has 2 aliphatic heterocycles. The summed E-state index contributed by atoms with van der Waals surface area (Å²) in [5.74, 6) is 0.680. The molecule has 0 radical (unpaired) electrons. The van der Waals surface area contributed by atoms with Crippen LogP contribution in [-0.2, 0) is 14.8 Å². The Balaban J connectivity index is 1.50. The van der Waals surface area contributed by atoms with Crippen LogP contribution < -0.4 is 0 Å². The predicted molar refractivity (Wildman–Crippen MR) is 102 cm³/mol. The van der Waals surface area contributed by atoms with Gasteiger partial charge in [0, 0.05) is 31.2 Å². The molecule has 1 amide bonds. The number of benzene rings is 1. The standard InChI is InChI=1S/C20H28N2O4S/c23-20(22-11-3-5-16-4-1-2-6-19(16)22)17-7-9-18(10-8-17)27(24,25)21-12-14-26-15-13-21/h7-10,16,19H,1-6,11-15H2/t16-,19+/m1/s1. The van der Waals surface area contributed by atoms with Crippen molar-refractivity contribution in [2.75, 3.05) is 32.8 Å². The number of ether oxygens (including phenoxy) is 1. The Morgan fingerprint density at radius 3 is 2.33 bits per heavy atom. The summed E-state index contributed by atoms with van der Waals surface area (Å²) >= 11 is 0. The maximum Gasteiger partial charge on any atom is 0.254 e. The molecule has 0 N–H and O–H groups in total. The zero-order valence-corrected chi connectivity index (χ0v) is 16.5. The Kier molecular flexibility index (Phi) is 5.53. The highest BCUT2D eigenvalue weighted by Gasteiger charge is 2.36. The van der Waals surface area contributed by atoms with Gasteiger partial charge < -0.3 is 9.64 Å². The van der Waals surface area contributed by atoms with E-state index in [-0.39, 0.29) is 10.8 Å². The van der Waals surface area contributed by atoms with Crippen molar-refractivity contribution in [3.05, 3.63) is 29.8 Å². The van der Waals surface area contributed by atoms with Crippen molar-refractivity contribution in [2.45, 2.75) is 49.5 Å². The molecular formula is C20H28N2O4S. The lowest BCUT2D eigenvalue weighted by atomic mass is 9.78. The lowest BCUT2D eigenvalue weighted by molar-refractivity contribution is 0.0390. The number of likely N-dealkylation sites (tertiary alicyclic amines) is 1. The summed E-state index contributed by atoms with van der Waals surface area (Å²) in [5, 5.41) is 0. The Hall–Kier alpha value is -1.44. The van der Waals surface area contributed by atoms with Gasteiger partial charge in [0.05, 0.1) is 18.1 Å². The first-order valence-electron chi connectivity index (χ1n) is 10.1. The van der Waals surface area contributed by atoms with Gasteiger partial charge in [-0.05, 0) is 55.9 Å². The van der Waals surface area contributed by atoms with Crippen LogP contribution in [-0.4, -0.2) is 62.4 Å². The average Bonchev–Trinajstić information content (AvgIpc) is 2.73. The second-order valence-electron chi connectivity index (χ2n) is 7.79. The molecule has 27 heavy (non-hydrogen) atoms. The lowest BCUT2D eigenvalue weighted by Gasteiger charge is -2.44. The molecule has 1 aliphatic carbocycles. The highest BCUT2D eigenvalue weighted by atomic mass is 32.2. The summed E-state index contributed by atoms with van der Waals surface area (Å²) < 4.78 is 32.2. The zero-order chi connectivity index (χ0) is 18.9. The third-order valence-corrected chi connectivity index (χ3v) is 8.13. The van der Waals surface area contributed by atoms with E-state index in [0.717, 1.165) is 19.4 Å². The molecule has 3 aliphatic rings. The van der Waals surface area contributed by atoms with E-state index in [4.69, 9.17) is 4.74 Å². The summed E-state index contributed by atoms with van der Waals surface area (Å²) in [4.78, 5) is 15.4. The Morgan fingerprint density at radius 1 is 0.926 bits per heavy atom. The summed E-state index contributed by atoms with van der Waals surface area (Å²) in [7, 11) is -3.52. The fourth-order valence-corrected chi connectivity index (χ4v) is 6.16. The topological polar surface area (TPSA) is 66.9 Å². The van der Waals surface area contributed by atoms with Crippen molar-refractivity contribution in [3.63, 3.8) is 0 Å². The number of sulfonamides is 1. The van der Waals surface area contributed by atoms with Crippen LogP contribution in [0, 0.1) is 5.92 Å². The fourth-order valence-electron chi connectivity index (χ4n) is 4.75. The monoisotopic (exact) mass is 392 g/mol. The Bertz CT molecular complexity index is 770. The number of carbonyl (C=O) groups is 1. The average molecular weight is 393 g/mol. The van der Waals surface area contributed by atoms with Gasteiger partial charge in [0.1, 0.15) is 0 Å². The minimum atomic E-state index is -3.52. The normalized spacial score (nSPS) is 27.2. The van der Waals surface area contributed by atoms with Crippen molar-refractivity contribution in [2.24, 2.45) is 5.92 Å². The van der Waals surface area contributed by atoms with Crippen LogP contribution in [0.1, 0.15) is 48.9 Å². The van der Waals surface area contributed by atoms with E-state index >= 15 is 0 Å². The molecule has 3 fully saturated rings. The fraction of sp³-hybridized carbons (Fsp3) is 0.650. The van der Waals surface area contributed by atoms with E-state index in [0.29, 0.717) is 43.8 Å². The molecule has 0 spiro atoms. The van der Waals surface area contributed by atoms with E-state index in [2.05, 4.69) is 0 Å². The highest BCUT2D eigenvalue weighted by Crippen LogP contribution is 2.36. The van der Waals surface area contributed by atoms with E-state index in [1.54, 1.807) is 24.3 Å². The van der Waals surface area contributed by atoms with E-state index in [1.807, 2.05) is 4.90 Å². The van der Waals surface area contributed by atoms with Crippen molar-refractivity contribution < 1.29 is 17.9 Å². The van der Waals surface area contributed by atoms with Crippen LogP contribution in [0.4, 0.5) is 0 Å². The molecule has 7 heteroatoms. The maximum absolute atomic E-state index is 13.1. The van der Waals surface area contributed by atoms with Crippen LogP contribution in [0.3, 0.4) is 0 Å². The molecule has 0 bridgehead atoms. The molecule has 6 nitrogen and oxygen atoms in total. The Labute approximate surface area is 161 Å². The molecule has 148 valence electrons. The molecule has 0 aromatic heterocycles. The third-order valence-electron chi connectivity index (χ3n) is 6.21. The summed E-state index contributed by atoms with van der Waals surface area (Å²) in [6, 6.07) is 6.84. The van der Waals surface area contributed by atoms with Gasteiger partial charge in [0.15, 0.2) is 0 Å². The van der Waals surface area contributed by atoms with Crippen molar-refractivity contribution in [1.29, 1.82) is 0 Å². The number of fused-ring (bicyclic) bond motifs is 1. The SMILES string of the molecule is O=C(c1ccc(S(=O)(=O)N2CCOCC2)cc1)N1CCC[C@H]2CCCC[C@@H]21. The second kappa shape index (κ2) is 7.89. The van der Waals surface area contributed by atoms with Crippen LogP contribution in [0.25, 0.3) is 0 Å². The lowest BCUT2D eigenvalue weighted by Crippen LogP contribution is -2.49.